The average molecular weight is 254 g/mol. The van der Waals surface area contributed by atoms with Crippen molar-refractivity contribution in [1.82, 2.24) is 0 Å². The number of allylic oxidation sites excluding steroid dienone is 2. The number of ether oxygens (including phenoxy) is 2. The number of hydrogen-bond acceptors (Lipinski definition) is 5. The number of ketones is 1. The first-order valence-electron chi connectivity index (χ1n) is 5.84. The van der Waals surface area contributed by atoms with E-state index in [2.05, 4.69) is 0 Å². The highest BCUT2D eigenvalue weighted by Crippen LogP contribution is 2.37. The van der Waals surface area contributed by atoms with Crippen molar-refractivity contribution in [1.29, 1.82) is 0 Å². The van der Waals surface area contributed by atoms with Gasteiger partial charge in [-0.05, 0) is 38.2 Å². The van der Waals surface area contributed by atoms with Gasteiger partial charge in [0.1, 0.15) is 0 Å². The number of rotatable bonds is 3. The van der Waals surface area contributed by atoms with Crippen LogP contribution in [0.15, 0.2) is 11.6 Å². The summed E-state index contributed by atoms with van der Waals surface area (Å²) < 4.78 is 9.44. The molecule has 5 nitrogen and oxygen atoms in total. The van der Waals surface area contributed by atoms with Gasteiger partial charge in [-0.15, -0.1) is 0 Å². The summed E-state index contributed by atoms with van der Waals surface area (Å²) in [5.74, 6) is -1.21. The molecule has 0 saturated heterocycles. The number of carbonyl (C=O) groups is 3. The van der Waals surface area contributed by atoms with Crippen LogP contribution in [-0.2, 0) is 23.9 Å². The number of carbonyl (C=O) groups excluding carboxylic acids is 3. The van der Waals surface area contributed by atoms with Crippen LogP contribution in [0.2, 0.25) is 0 Å². The van der Waals surface area contributed by atoms with Crippen molar-refractivity contribution in [3.63, 3.8) is 0 Å². The minimum absolute atomic E-state index is 0.0273. The number of methoxy groups -OCH3 is 2. The minimum atomic E-state index is -1.28. The van der Waals surface area contributed by atoms with Gasteiger partial charge in [0.05, 0.1) is 14.2 Å². The molecule has 1 aliphatic carbocycles. The summed E-state index contributed by atoms with van der Waals surface area (Å²) in [5.41, 5.74) is -0.623. The summed E-state index contributed by atoms with van der Waals surface area (Å²) in [7, 11) is 2.49. The van der Waals surface area contributed by atoms with E-state index >= 15 is 0 Å². The van der Waals surface area contributed by atoms with E-state index in [1.807, 2.05) is 0 Å². The topological polar surface area (TPSA) is 69.7 Å². The van der Waals surface area contributed by atoms with Gasteiger partial charge < -0.3 is 9.47 Å². The first-order valence-corrected chi connectivity index (χ1v) is 5.84. The molecule has 0 saturated carbocycles. The maximum absolute atomic E-state index is 11.9. The standard InChI is InChI=1S/C13H18O5/c1-9(14)10-5-4-7-13(8-6-10,11(15)17-2)12(16)18-3/h5H,4,6-8H2,1-3H3. The molecule has 18 heavy (non-hydrogen) atoms. The second-order valence-electron chi connectivity index (χ2n) is 4.39. The Hall–Kier alpha value is -1.65. The fourth-order valence-corrected chi connectivity index (χ4v) is 2.27. The van der Waals surface area contributed by atoms with Crippen LogP contribution < -0.4 is 0 Å². The lowest BCUT2D eigenvalue weighted by Gasteiger charge is -2.26. The molecule has 0 spiro atoms. The van der Waals surface area contributed by atoms with Gasteiger partial charge in [0.2, 0.25) is 0 Å². The Morgan fingerprint density at radius 3 is 2.11 bits per heavy atom. The Morgan fingerprint density at radius 1 is 1.11 bits per heavy atom. The van der Waals surface area contributed by atoms with Crippen molar-refractivity contribution in [2.24, 2.45) is 5.41 Å². The van der Waals surface area contributed by atoms with Crippen molar-refractivity contribution in [3.05, 3.63) is 11.6 Å². The molecule has 0 aromatic rings. The van der Waals surface area contributed by atoms with Crippen LogP contribution in [0, 0.1) is 5.41 Å². The Labute approximate surface area is 106 Å². The molecular weight excluding hydrogens is 236 g/mol. The van der Waals surface area contributed by atoms with Crippen molar-refractivity contribution in [2.45, 2.75) is 32.6 Å². The normalized spacial score (nSPS) is 18.3. The quantitative estimate of drug-likeness (QED) is 0.562. The third kappa shape index (κ3) is 2.60. The first kappa shape index (κ1) is 14.4. The number of hydrogen-bond donors (Lipinski definition) is 0. The van der Waals surface area contributed by atoms with Gasteiger partial charge in [-0.2, -0.15) is 0 Å². The molecular formula is C13H18O5. The van der Waals surface area contributed by atoms with Crippen molar-refractivity contribution < 1.29 is 23.9 Å². The van der Waals surface area contributed by atoms with Crippen LogP contribution >= 0.6 is 0 Å². The van der Waals surface area contributed by atoms with Crippen LogP contribution in [0.25, 0.3) is 0 Å². The van der Waals surface area contributed by atoms with E-state index in [1.165, 1.54) is 21.1 Å². The molecule has 0 aliphatic heterocycles. The molecule has 1 rings (SSSR count). The molecule has 0 amide bonds. The van der Waals surface area contributed by atoms with E-state index in [0.29, 0.717) is 24.8 Å². The fraction of sp³-hybridized carbons (Fsp3) is 0.615. The average Bonchev–Trinajstić information content (AvgIpc) is 2.60. The Kier molecular flexibility index (Phi) is 4.64. The lowest BCUT2D eigenvalue weighted by Crippen LogP contribution is -2.41. The summed E-state index contributed by atoms with van der Waals surface area (Å²) in [4.78, 5) is 35.1. The molecule has 0 unspecified atom stereocenters. The lowest BCUT2D eigenvalue weighted by molar-refractivity contribution is -0.170. The van der Waals surface area contributed by atoms with Gasteiger partial charge in [-0.1, -0.05) is 6.08 Å². The predicted molar refractivity (Wildman–Crippen MR) is 63.7 cm³/mol. The molecule has 0 aromatic heterocycles. The monoisotopic (exact) mass is 254 g/mol. The molecule has 0 radical (unpaired) electrons. The van der Waals surface area contributed by atoms with E-state index in [0.717, 1.165) is 0 Å². The highest BCUT2D eigenvalue weighted by Gasteiger charge is 2.48. The summed E-state index contributed by atoms with van der Waals surface area (Å²) >= 11 is 0. The van der Waals surface area contributed by atoms with E-state index in [9.17, 15) is 14.4 Å². The third-order valence-corrected chi connectivity index (χ3v) is 3.39. The zero-order valence-electron chi connectivity index (χ0n) is 10.9. The zero-order chi connectivity index (χ0) is 13.8. The molecule has 0 heterocycles. The predicted octanol–water partition coefficient (Wildman–Crippen LogP) is 1.41. The molecule has 0 fully saturated rings. The van der Waals surface area contributed by atoms with Crippen LogP contribution in [0.4, 0.5) is 0 Å². The largest absolute Gasteiger partial charge is 0.468 e. The van der Waals surface area contributed by atoms with Gasteiger partial charge in [0.25, 0.3) is 0 Å². The van der Waals surface area contributed by atoms with Gasteiger partial charge >= 0.3 is 11.9 Å². The van der Waals surface area contributed by atoms with E-state index in [-0.39, 0.29) is 12.2 Å². The molecule has 0 N–H and O–H groups in total. The van der Waals surface area contributed by atoms with Gasteiger partial charge in [0.15, 0.2) is 11.2 Å². The SMILES string of the molecule is COC(=O)C1(C(=O)OC)CCC=C(C(C)=O)CC1. The van der Waals surface area contributed by atoms with Gasteiger partial charge in [-0.3, -0.25) is 14.4 Å². The summed E-state index contributed by atoms with van der Waals surface area (Å²) in [6.45, 7) is 1.48. The maximum atomic E-state index is 11.9. The zero-order valence-corrected chi connectivity index (χ0v) is 10.9. The fourth-order valence-electron chi connectivity index (χ4n) is 2.27. The minimum Gasteiger partial charge on any atom is -0.468 e. The second kappa shape index (κ2) is 5.80. The summed E-state index contributed by atoms with van der Waals surface area (Å²) in [6, 6.07) is 0. The summed E-state index contributed by atoms with van der Waals surface area (Å²) in [5, 5.41) is 0. The Morgan fingerprint density at radius 2 is 1.67 bits per heavy atom. The molecule has 100 valence electrons. The number of esters is 2. The van der Waals surface area contributed by atoms with Crippen LogP contribution in [-0.4, -0.2) is 31.9 Å². The van der Waals surface area contributed by atoms with E-state index in [4.69, 9.17) is 9.47 Å². The number of Topliss-reactive ketones (excluding diaryl/α,β-unsaturated/α-hetero) is 1. The third-order valence-electron chi connectivity index (χ3n) is 3.39. The van der Waals surface area contributed by atoms with Crippen molar-refractivity contribution in [2.75, 3.05) is 14.2 Å². The Bertz CT molecular complexity index is 378. The van der Waals surface area contributed by atoms with Crippen LogP contribution in [0.1, 0.15) is 32.6 Å². The maximum Gasteiger partial charge on any atom is 0.323 e. The molecule has 5 heteroatoms. The van der Waals surface area contributed by atoms with E-state index in [1.54, 1.807) is 6.08 Å². The summed E-state index contributed by atoms with van der Waals surface area (Å²) in [6.07, 6.45) is 3.22. The molecule has 1 aliphatic rings. The van der Waals surface area contributed by atoms with Gasteiger partial charge in [-0.25, -0.2) is 0 Å². The smallest absolute Gasteiger partial charge is 0.323 e. The van der Waals surface area contributed by atoms with Crippen molar-refractivity contribution in [3.8, 4) is 0 Å². The Balaban J connectivity index is 3.00. The molecule has 0 atom stereocenters. The van der Waals surface area contributed by atoms with Crippen LogP contribution in [0.5, 0.6) is 0 Å². The molecule has 0 bridgehead atoms. The van der Waals surface area contributed by atoms with Gasteiger partial charge in [0, 0.05) is 0 Å². The van der Waals surface area contributed by atoms with Crippen molar-refractivity contribution >= 4 is 17.7 Å². The lowest BCUT2D eigenvalue weighted by atomic mass is 9.79. The molecule has 0 aromatic carbocycles. The highest BCUT2D eigenvalue weighted by molar-refractivity contribution is 6.00. The first-order chi connectivity index (χ1) is 8.47. The van der Waals surface area contributed by atoms with E-state index < -0.39 is 17.4 Å². The second-order valence-corrected chi connectivity index (χ2v) is 4.39. The van der Waals surface area contributed by atoms with Crippen LogP contribution in [0.3, 0.4) is 0 Å². The highest BCUT2D eigenvalue weighted by atomic mass is 16.5.